The highest BCUT2D eigenvalue weighted by Gasteiger charge is 2.25. The summed E-state index contributed by atoms with van der Waals surface area (Å²) in [5, 5.41) is 2.50. The fourth-order valence-corrected chi connectivity index (χ4v) is 1.76. The monoisotopic (exact) mass is 235 g/mol. The van der Waals surface area contributed by atoms with Crippen LogP contribution in [0.2, 0.25) is 0 Å². The third-order valence-electron chi connectivity index (χ3n) is 2.56. The van der Waals surface area contributed by atoms with E-state index in [2.05, 4.69) is 10.2 Å². The summed E-state index contributed by atoms with van der Waals surface area (Å²) in [5.41, 5.74) is 1.44. The van der Waals surface area contributed by atoms with Gasteiger partial charge in [-0.2, -0.15) is 0 Å². The number of nitrogens with two attached hydrogens (primary N) is 1. The van der Waals surface area contributed by atoms with Crippen LogP contribution in [0.5, 0.6) is 0 Å². The summed E-state index contributed by atoms with van der Waals surface area (Å²) in [5.74, 6) is 4.72. The van der Waals surface area contributed by atoms with Crippen molar-refractivity contribution in [2.45, 2.75) is 6.61 Å². The van der Waals surface area contributed by atoms with Gasteiger partial charge < -0.3 is 10.2 Å². The van der Waals surface area contributed by atoms with E-state index in [1.807, 2.05) is 12.1 Å². The van der Waals surface area contributed by atoms with Crippen LogP contribution in [0.15, 0.2) is 24.3 Å². The molecule has 0 bridgehead atoms. The molecular weight excluding hydrogens is 222 g/mol. The lowest BCUT2D eigenvalue weighted by molar-refractivity contribution is -0.128. The molecule has 17 heavy (non-hydrogen) atoms. The van der Waals surface area contributed by atoms with Crippen molar-refractivity contribution < 1.29 is 14.4 Å². The first-order valence-corrected chi connectivity index (χ1v) is 5.19. The maximum absolute atomic E-state index is 11.7. The van der Waals surface area contributed by atoms with E-state index >= 15 is 0 Å². The zero-order valence-corrected chi connectivity index (χ0v) is 9.18. The largest absolute Gasteiger partial charge is 0.345 e. The molecule has 0 unspecified atom stereocenters. The summed E-state index contributed by atoms with van der Waals surface area (Å²) < 4.78 is 0. The minimum absolute atomic E-state index is 0.0245. The van der Waals surface area contributed by atoms with Crippen molar-refractivity contribution in [3.63, 3.8) is 0 Å². The number of hydrogen-bond acceptors (Lipinski definition) is 4. The molecule has 0 atom stereocenters. The Morgan fingerprint density at radius 3 is 2.88 bits per heavy atom. The molecule has 1 fully saturated rings. The van der Waals surface area contributed by atoms with Crippen molar-refractivity contribution in [1.82, 2.24) is 5.32 Å². The lowest BCUT2D eigenvalue weighted by Gasteiger charge is -2.28. The van der Waals surface area contributed by atoms with E-state index in [0.717, 1.165) is 5.56 Å². The SMILES string of the molecule is NOCc1ccccc1N1CC(=O)NCC1=O. The molecule has 6 heteroatoms. The zero-order chi connectivity index (χ0) is 12.3. The molecule has 0 aromatic heterocycles. The Bertz CT molecular complexity index is 447. The van der Waals surface area contributed by atoms with Gasteiger partial charge in [0.05, 0.1) is 13.2 Å². The van der Waals surface area contributed by atoms with Gasteiger partial charge in [-0.25, -0.2) is 5.90 Å². The van der Waals surface area contributed by atoms with Gasteiger partial charge in [0.25, 0.3) is 0 Å². The first-order chi connectivity index (χ1) is 8.22. The number of carbonyl (C=O) groups is 2. The second kappa shape index (κ2) is 4.94. The van der Waals surface area contributed by atoms with Crippen LogP contribution in [0.4, 0.5) is 5.69 Å². The molecule has 0 aliphatic carbocycles. The van der Waals surface area contributed by atoms with E-state index in [9.17, 15) is 9.59 Å². The third-order valence-corrected chi connectivity index (χ3v) is 2.56. The summed E-state index contributed by atoms with van der Waals surface area (Å²) in [7, 11) is 0. The van der Waals surface area contributed by atoms with Gasteiger partial charge >= 0.3 is 0 Å². The number of nitrogens with one attached hydrogen (secondary N) is 1. The topological polar surface area (TPSA) is 84.7 Å². The van der Waals surface area contributed by atoms with Crippen LogP contribution in [0.3, 0.4) is 0 Å². The van der Waals surface area contributed by atoms with Crippen molar-refractivity contribution in [2.75, 3.05) is 18.0 Å². The van der Waals surface area contributed by atoms with Gasteiger partial charge in [-0.1, -0.05) is 18.2 Å². The van der Waals surface area contributed by atoms with Crippen molar-refractivity contribution in [3.8, 4) is 0 Å². The van der Waals surface area contributed by atoms with Gasteiger partial charge in [-0.15, -0.1) is 0 Å². The number of anilines is 1. The average molecular weight is 235 g/mol. The predicted molar refractivity (Wildman–Crippen MR) is 60.8 cm³/mol. The highest BCUT2D eigenvalue weighted by molar-refractivity contribution is 6.04. The number of rotatable bonds is 3. The molecular formula is C11H13N3O3. The Hall–Kier alpha value is -1.92. The summed E-state index contributed by atoms with van der Waals surface area (Å²) in [6.45, 7) is 0.249. The van der Waals surface area contributed by atoms with Crippen LogP contribution in [-0.2, 0) is 21.0 Å². The van der Waals surface area contributed by atoms with E-state index in [1.54, 1.807) is 12.1 Å². The molecule has 1 aromatic rings. The molecule has 6 nitrogen and oxygen atoms in total. The number of benzene rings is 1. The molecule has 0 saturated carbocycles. The lowest BCUT2D eigenvalue weighted by Crippen LogP contribution is -2.52. The quantitative estimate of drug-likeness (QED) is 0.694. The number of para-hydroxylation sites is 1. The van der Waals surface area contributed by atoms with Crippen LogP contribution in [0, 0.1) is 0 Å². The second-order valence-corrected chi connectivity index (χ2v) is 3.70. The fraction of sp³-hybridized carbons (Fsp3) is 0.273. The number of hydrogen-bond donors (Lipinski definition) is 2. The Morgan fingerprint density at radius 2 is 2.12 bits per heavy atom. The number of piperazine rings is 1. The molecule has 2 amide bonds. The van der Waals surface area contributed by atoms with Gasteiger partial charge in [0, 0.05) is 11.3 Å². The first kappa shape index (κ1) is 11.6. The molecule has 1 heterocycles. The molecule has 2 rings (SSSR count). The van der Waals surface area contributed by atoms with Crippen LogP contribution in [0.1, 0.15) is 5.56 Å². The van der Waals surface area contributed by atoms with Crippen molar-refractivity contribution in [1.29, 1.82) is 0 Å². The Balaban J connectivity index is 2.31. The normalized spacial score (nSPS) is 15.9. The summed E-state index contributed by atoms with van der Waals surface area (Å²) >= 11 is 0. The van der Waals surface area contributed by atoms with Crippen molar-refractivity contribution in [3.05, 3.63) is 29.8 Å². The molecule has 1 aromatic carbocycles. The van der Waals surface area contributed by atoms with E-state index in [1.165, 1.54) is 4.90 Å². The van der Waals surface area contributed by atoms with Crippen LogP contribution in [0.25, 0.3) is 0 Å². The number of amides is 2. The van der Waals surface area contributed by atoms with E-state index < -0.39 is 0 Å². The van der Waals surface area contributed by atoms with Crippen molar-refractivity contribution in [2.24, 2.45) is 5.90 Å². The fourth-order valence-electron chi connectivity index (χ4n) is 1.76. The van der Waals surface area contributed by atoms with Gasteiger partial charge in [0.1, 0.15) is 6.54 Å². The molecule has 0 radical (unpaired) electrons. The Morgan fingerprint density at radius 1 is 1.35 bits per heavy atom. The summed E-state index contributed by atoms with van der Waals surface area (Å²) in [6, 6.07) is 7.20. The molecule has 3 N–H and O–H groups in total. The summed E-state index contributed by atoms with van der Waals surface area (Å²) in [4.78, 5) is 29.1. The van der Waals surface area contributed by atoms with Crippen molar-refractivity contribution >= 4 is 17.5 Å². The predicted octanol–water partition coefficient (Wildman–Crippen LogP) is -0.460. The highest BCUT2D eigenvalue weighted by Crippen LogP contribution is 2.21. The molecule has 90 valence electrons. The Labute approximate surface area is 98.3 Å². The van der Waals surface area contributed by atoms with Gasteiger partial charge in [-0.05, 0) is 6.07 Å². The highest BCUT2D eigenvalue weighted by atomic mass is 16.6. The Kier molecular flexibility index (Phi) is 3.36. The first-order valence-electron chi connectivity index (χ1n) is 5.19. The number of nitrogens with zero attached hydrogens (tertiary/aromatic N) is 1. The van der Waals surface area contributed by atoms with E-state index in [4.69, 9.17) is 5.90 Å². The third kappa shape index (κ3) is 2.43. The molecule has 1 saturated heterocycles. The van der Waals surface area contributed by atoms with Gasteiger partial charge in [-0.3, -0.25) is 14.4 Å². The zero-order valence-electron chi connectivity index (χ0n) is 9.18. The van der Waals surface area contributed by atoms with Crippen LogP contribution in [-0.4, -0.2) is 24.9 Å². The van der Waals surface area contributed by atoms with Gasteiger partial charge in [0.15, 0.2) is 0 Å². The maximum atomic E-state index is 11.7. The van der Waals surface area contributed by atoms with Crippen LogP contribution < -0.4 is 16.1 Å². The standard InChI is InChI=1S/C11H13N3O3/c12-17-7-8-3-1-2-4-9(8)14-6-10(15)13-5-11(14)16/h1-4H,5-7,12H2,(H,13,15). The van der Waals surface area contributed by atoms with E-state index in [-0.39, 0.29) is 31.5 Å². The smallest absolute Gasteiger partial charge is 0.246 e. The summed E-state index contributed by atoms with van der Waals surface area (Å²) in [6.07, 6.45) is 0. The molecule has 0 spiro atoms. The molecule has 1 aliphatic rings. The van der Waals surface area contributed by atoms with E-state index in [0.29, 0.717) is 5.69 Å². The maximum Gasteiger partial charge on any atom is 0.246 e. The minimum Gasteiger partial charge on any atom is -0.345 e. The van der Waals surface area contributed by atoms with Gasteiger partial charge in [0.2, 0.25) is 11.8 Å². The lowest BCUT2D eigenvalue weighted by atomic mass is 10.1. The number of carbonyl (C=O) groups excluding carboxylic acids is 2. The van der Waals surface area contributed by atoms with Crippen LogP contribution >= 0.6 is 0 Å². The minimum atomic E-state index is -0.173. The second-order valence-electron chi connectivity index (χ2n) is 3.70. The average Bonchev–Trinajstić information content (AvgIpc) is 2.34. The molecule has 1 aliphatic heterocycles.